The number of nitrogens with one attached hydrogen (secondary N) is 2. The highest BCUT2D eigenvalue weighted by Gasteiger charge is 2.14. The van der Waals surface area contributed by atoms with E-state index in [2.05, 4.69) is 16.6 Å². The zero-order chi connectivity index (χ0) is 18.4. The molecule has 0 fully saturated rings. The van der Waals surface area contributed by atoms with Crippen molar-refractivity contribution in [3.63, 3.8) is 0 Å². The normalized spacial score (nSPS) is 10.8. The van der Waals surface area contributed by atoms with Gasteiger partial charge in [0.1, 0.15) is 12.4 Å². The molecule has 0 unspecified atom stereocenters. The molecule has 0 aliphatic heterocycles. The monoisotopic (exact) mass is 360 g/mol. The summed E-state index contributed by atoms with van der Waals surface area (Å²) in [5.41, 5.74) is 1.93. The van der Waals surface area contributed by atoms with Crippen molar-refractivity contribution in [1.29, 1.82) is 0 Å². The van der Waals surface area contributed by atoms with Gasteiger partial charge in [-0.25, -0.2) is 8.42 Å². The van der Waals surface area contributed by atoms with Crippen LogP contribution in [0.15, 0.2) is 55.1 Å². The molecular formula is C18H20N2O4S. The molecule has 132 valence electrons. The Hall–Kier alpha value is -2.80. The van der Waals surface area contributed by atoms with Crippen LogP contribution in [-0.4, -0.2) is 27.2 Å². The van der Waals surface area contributed by atoms with Crippen LogP contribution in [0.1, 0.15) is 15.9 Å². The summed E-state index contributed by atoms with van der Waals surface area (Å²) in [5.74, 6) is 0.350. The third-order valence-electron chi connectivity index (χ3n) is 3.35. The molecule has 2 rings (SSSR count). The summed E-state index contributed by atoms with van der Waals surface area (Å²) in [5, 5.41) is 2.78. The molecule has 0 spiro atoms. The second-order valence-corrected chi connectivity index (χ2v) is 7.18. The van der Waals surface area contributed by atoms with Crippen LogP contribution in [0.25, 0.3) is 0 Å². The van der Waals surface area contributed by atoms with Gasteiger partial charge < -0.3 is 10.1 Å². The topological polar surface area (TPSA) is 84.5 Å². The fraction of sp³-hybridized carbons (Fsp3) is 0.167. The quantitative estimate of drug-likeness (QED) is 0.743. The van der Waals surface area contributed by atoms with Crippen molar-refractivity contribution in [2.75, 3.05) is 22.9 Å². The van der Waals surface area contributed by atoms with E-state index >= 15 is 0 Å². The Kier molecular flexibility index (Phi) is 5.82. The minimum Gasteiger partial charge on any atom is -0.490 e. The van der Waals surface area contributed by atoms with Gasteiger partial charge in [-0.3, -0.25) is 9.52 Å². The predicted octanol–water partition coefficient (Wildman–Crippen LogP) is 3.18. The average Bonchev–Trinajstić information content (AvgIpc) is 2.55. The lowest BCUT2D eigenvalue weighted by molar-refractivity contribution is 0.102. The highest BCUT2D eigenvalue weighted by Crippen LogP contribution is 2.22. The highest BCUT2D eigenvalue weighted by molar-refractivity contribution is 7.92. The lowest BCUT2D eigenvalue weighted by Crippen LogP contribution is -2.16. The van der Waals surface area contributed by atoms with Gasteiger partial charge in [-0.05, 0) is 48.9 Å². The Balaban J connectivity index is 2.15. The van der Waals surface area contributed by atoms with E-state index in [1.807, 2.05) is 0 Å². The van der Waals surface area contributed by atoms with Crippen molar-refractivity contribution in [2.45, 2.75) is 6.92 Å². The molecular weight excluding hydrogens is 340 g/mol. The molecule has 2 N–H and O–H groups in total. The largest absolute Gasteiger partial charge is 0.490 e. The van der Waals surface area contributed by atoms with Crippen LogP contribution < -0.4 is 14.8 Å². The Morgan fingerprint density at radius 1 is 1.20 bits per heavy atom. The number of rotatable bonds is 7. The predicted molar refractivity (Wildman–Crippen MR) is 99.7 cm³/mol. The van der Waals surface area contributed by atoms with E-state index in [1.54, 1.807) is 55.5 Å². The van der Waals surface area contributed by atoms with Crippen LogP contribution in [0.2, 0.25) is 0 Å². The van der Waals surface area contributed by atoms with Gasteiger partial charge in [-0.15, -0.1) is 0 Å². The minimum atomic E-state index is -3.42. The SMILES string of the molecule is C=CCOc1ccc(NC(=O)c2cccc(NS(C)(=O)=O)c2C)cc1. The number of carbonyl (C=O) groups is 1. The molecule has 7 heteroatoms. The van der Waals surface area contributed by atoms with Crippen molar-refractivity contribution < 1.29 is 17.9 Å². The van der Waals surface area contributed by atoms with Gasteiger partial charge in [0, 0.05) is 11.3 Å². The fourth-order valence-corrected chi connectivity index (χ4v) is 2.80. The molecule has 25 heavy (non-hydrogen) atoms. The second-order valence-electron chi connectivity index (χ2n) is 5.43. The van der Waals surface area contributed by atoms with Crippen LogP contribution in [-0.2, 0) is 10.0 Å². The van der Waals surface area contributed by atoms with Crippen LogP contribution in [0.4, 0.5) is 11.4 Å². The van der Waals surface area contributed by atoms with E-state index in [4.69, 9.17) is 4.74 Å². The Morgan fingerprint density at radius 3 is 2.48 bits per heavy atom. The molecule has 0 aromatic heterocycles. The van der Waals surface area contributed by atoms with Crippen LogP contribution >= 0.6 is 0 Å². The Bertz CT molecular complexity index is 874. The van der Waals surface area contributed by atoms with Crippen molar-refractivity contribution in [1.82, 2.24) is 0 Å². The average molecular weight is 360 g/mol. The number of anilines is 2. The van der Waals surface area contributed by atoms with E-state index in [9.17, 15) is 13.2 Å². The standard InChI is InChI=1S/C18H20N2O4S/c1-4-12-24-15-10-8-14(9-11-15)19-18(21)16-6-5-7-17(13(16)2)20-25(3,22)23/h4-11,20H,1,12H2,2-3H3,(H,19,21). The van der Waals surface area contributed by atoms with E-state index in [0.717, 1.165) is 6.26 Å². The van der Waals surface area contributed by atoms with Crippen LogP contribution in [0.5, 0.6) is 5.75 Å². The number of sulfonamides is 1. The van der Waals surface area contributed by atoms with E-state index in [0.29, 0.717) is 34.9 Å². The summed E-state index contributed by atoms with van der Waals surface area (Å²) in [6.45, 7) is 5.68. The Labute approximate surface area is 147 Å². The summed E-state index contributed by atoms with van der Waals surface area (Å²) in [7, 11) is -3.42. The fourth-order valence-electron chi connectivity index (χ4n) is 2.18. The van der Waals surface area contributed by atoms with Crippen LogP contribution in [0.3, 0.4) is 0 Å². The zero-order valence-corrected chi connectivity index (χ0v) is 14.9. The molecule has 0 saturated carbocycles. The zero-order valence-electron chi connectivity index (χ0n) is 14.1. The van der Waals surface area contributed by atoms with Gasteiger partial charge in [-0.2, -0.15) is 0 Å². The highest BCUT2D eigenvalue weighted by atomic mass is 32.2. The maximum Gasteiger partial charge on any atom is 0.256 e. The molecule has 0 saturated heterocycles. The summed E-state index contributed by atoms with van der Waals surface area (Å²) in [6.07, 6.45) is 2.71. The van der Waals surface area contributed by atoms with Gasteiger partial charge in [0.05, 0.1) is 11.9 Å². The summed E-state index contributed by atoms with van der Waals surface area (Å²) < 4.78 is 30.6. The first-order valence-electron chi connectivity index (χ1n) is 7.52. The number of amides is 1. The smallest absolute Gasteiger partial charge is 0.256 e. The molecule has 0 heterocycles. The number of ether oxygens (including phenoxy) is 1. The first-order chi connectivity index (χ1) is 11.8. The molecule has 0 radical (unpaired) electrons. The first kappa shape index (κ1) is 18.5. The molecule has 1 amide bonds. The van der Waals surface area contributed by atoms with E-state index in [1.165, 1.54) is 0 Å². The van der Waals surface area contributed by atoms with E-state index < -0.39 is 10.0 Å². The molecule has 2 aromatic carbocycles. The second kappa shape index (κ2) is 7.85. The van der Waals surface area contributed by atoms with Crippen LogP contribution in [0, 0.1) is 6.92 Å². The molecule has 0 bridgehead atoms. The molecule has 0 aliphatic rings. The van der Waals surface area contributed by atoms with Crippen molar-refractivity contribution in [3.05, 3.63) is 66.2 Å². The molecule has 2 aromatic rings. The molecule has 0 aliphatic carbocycles. The summed E-state index contributed by atoms with van der Waals surface area (Å²) in [4.78, 5) is 12.5. The maximum absolute atomic E-state index is 12.5. The number of benzene rings is 2. The van der Waals surface area contributed by atoms with Gasteiger partial charge in [-0.1, -0.05) is 18.7 Å². The van der Waals surface area contributed by atoms with Gasteiger partial charge in [0.2, 0.25) is 10.0 Å². The number of hydrogen-bond acceptors (Lipinski definition) is 4. The van der Waals surface area contributed by atoms with Gasteiger partial charge in [0.15, 0.2) is 0 Å². The number of carbonyl (C=O) groups excluding carboxylic acids is 1. The lowest BCUT2D eigenvalue weighted by Gasteiger charge is -2.12. The summed E-state index contributed by atoms with van der Waals surface area (Å²) >= 11 is 0. The van der Waals surface area contributed by atoms with Crippen molar-refractivity contribution in [2.24, 2.45) is 0 Å². The van der Waals surface area contributed by atoms with Crippen molar-refractivity contribution >= 4 is 27.3 Å². The maximum atomic E-state index is 12.5. The first-order valence-corrected chi connectivity index (χ1v) is 9.42. The summed E-state index contributed by atoms with van der Waals surface area (Å²) in [6, 6.07) is 11.8. The molecule has 6 nitrogen and oxygen atoms in total. The van der Waals surface area contributed by atoms with E-state index in [-0.39, 0.29) is 5.91 Å². The minimum absolute atomic E-state index is 0.325. The Morgan fingerprint density at radius 2 is 1.88 bits per heavy atom. The third kappa shape index (κ3) is 5.36. The third-order valence-corrected chi connectivity index (χ3v) is 3.94. The molecule has 0 atom stereocenters. The van der Waals surface area contributed by atoms with Gasteiger partial charge >= 0.3 is 0 Å². The van der Waals surface area contributed by atoms with Crippen molar-refractivity contribution in [3.8, 4) is 5.75 Å². The number of hydrogen-bond donors (Lipinski definition) is 2. The lowest BCUT2D eigenvalue weighted by atomic mass is 10.1. The van der Waals surface area contributed by atoms with Gasteiger partial charge in [0.25, 0.3) is 5.91 Å².